The van der Waals surface area contributed by atoms with E-state index in [1.807, 2.05) is 31.2 Å². The molecule has 96 valence electrons. The lowest BCUT2D eigenvalue weighted by Crippen LogP contribution is -2.19. The molecule has 0 bridgehead atoms. The minimum atomic E-state index is 0.0926. The number of aromatic nitrogens is 2. The zero-order chi connectivity index (χ0) is 13.0. The van der Waals surface area contributed by atoms with Gasteiger partial charge in [-0.05, 0) is 66.7 Å². The number of nitrogens with one attached hydrogen (secondary N) is 1. The van der Waals surface area contributed by atoms with Gasteiger partial charge in [-0.2, -0.15) is 0 Å². The number of benzene rings is 1. The Labute approximate surface area is 120 Å². The third kappa shape index (κ3) is 3.29. The number of halogens is 1. The van der Waals surface area contributed by atoms with Crippen LogP contribution in [0, 0.1) is 3.57 Å². The summed E-state index contributed by atoms with van der Waals surface area (Å²) in [4.78, 5) is 0. The van der Waals surface area contributed by atoms with Gasteiger partial charge in [0.15, 0.2) is 0 Å². The van der Waals surface area contributed by atoms with Crippen molar-refractivity contribution >= 4 is 22.6 Å². The van der Waals surface area contributed by atoms with Crippen LogP contribution in [0.25, 0.3) is 11.5 Å². The largest absolute Gasteiger partial charge is 0.419 e. The fourth-order valence-corrected chi connectivity index (χ4v) is 1.93. The monoisotopic (exact) mass is 357 g/mol. The lowest BCUT2D eigenvalue weighted by atomic mass is 10.2. The normalized spacial score (nSPS) is 12.6. The minimum Gasteiger partial charge on any atom is -0.419 e. The number of rotatable bonds is 5. The Bertz CT molecular complexity index is 495. The molecule has 2 rings (SSSR count). The van der Waals surface area contributed by atoms with E-state index in [2.05, 4.69) is 45.0 Å². The predicted octanol–water partition coefficient (Wildman–Crippen LogP) is 3.40. The van der Waals surface area contributed by atoms with Crippen molar-refractivity contribution in [3.63, 3.8) is 0 Å². The lowest BCUT2D eigenvalue weighted by Gasteiger charge is -2.07. The molecule has 4 nitrogen and oxygen atoms in total. The van der Waals surface area contributed by atoms with Crippen LogP contribution in [-0.4, -0.2) is 16.7 Å². The van der Waals surface area contributed by atoms with Gasteiger partial charge in [-0.15, -0.1) is 10.2 Å². The first-order chi connectivity index (χ1) is 8.70. The first-order valence-corrected chi connectivity index (χ1v) is 7.11. The van der Waals surface area contributed by atoms with Gasteiger partial charge in [0.25, 0.3) is 0 Å². The Morgan fingerprint density at radius 1 is 1.28 bits per heavy atom. The standard InChI is InChI=1S/C13H16IN3O/c1-3-8-15-9(2)12-16-17-13(18-12)10-4-6-11(14)7-5-10/h4-7,9,15H,3,8H2,1-2H3. The van der Waals surface area contributed by atoms with Crippen molar-refractivity contribution in [1.29, 1.82) is 0 Å². The topological polar surface area (TPSA) is 51.0 Å². The molecule has 0 aliphatic rings. The van der Waals surface area contributed by atoms with Crippen LogP contribution in [0.1, 0.15) is 32.2 Å². The van der Waals surface area contributed by atoms with Gasteiger partial charge in [-0.1, -0.05) is 6.92 Å². The van der Waals surface area contributed by atoms with Crippen molar-refractivity contribution in [1.82, 2.24) is 15.5 Å². The summed E-state index contributed by atoms with van der Waals surface area (Å²) in [6, 6.07) is 8.12. The summed E-state index contributed by atoms with van der Waals surface area (Å²) in [5.74, 6) is 1.21. The molecule has 0 spiro atoms. The van der Waals surface area contributed by atoms with Gasteiger partial charge < -0.3 is 9.73 Å². The summed E-state index contributed by atoms with van der Waals surface area (Å²) in [6.45, 7) is 5.11. The van der Waals surface area contributed by atoms with Crippen molar-refractivity contribution in [2.75, 3.05) is 6.54 Å². The number of hydrogen-bond acceptors (Lipinski definition) is 4. The summed E-state index contributed by atoms with van der Waals surface area (Å²) < 4.78 is 6.87. The second-order valence-corrected chi connectivity index (χ2v) is 5.37. The van der Waals surface area contributed by atoms with Crippen LogP contribution in [0.4, 0.5) is 0 Å². The van der Waals surface area contributed by atoms with E-state index in [-0.39, 0.29) is 6.04 Å². The molecule has 0 aliphatic heterocycles. The van der Waals surface area contributed by atoms with Crippen LogP contribution >= 0.6 is 22.6 Å². The Morgan fingerprint density at radius 3 is 2.67 bits per heavy atom. The van der Waals surface area contributed by atoms with E-state index in [4.69, 9.17) is 4.42 Å². The van der Waals surface area contributed by atoms with Gasteiger partial charge in [-0.3, -0.25) is 0 Å². The number of hydrogen-bond donors (Lipinski definition) is 1. The third-order valence-electron chi connectivity index (χ3n) is 2.60. The van der Waals surface area contributed by atoms with Crippen LogP contribution in [0.5, 0.6) is 0 Å². The Balaban J connectivity index is 2.12. The average molecular weight is 357 g/mol. The molecule has 18 heavy (non-hydrogen) atoms. The van der Waals surface area contributed by atoms with Crippen molar-refractivity contribution in [3.8, 4) is 11.5 Å². The Morgan fingerprint density at radius 2 is 2.00 bits per heavy atom. The molecular formula is C13H16IN3O. The van der Waals surface area contributed by atoms with Crippen molar-refractivity contribution < 1.29 is 4.42 Å². The molecule has 1 unspecified atom stereocenters. The highest BCUT2D eigenvalue weighted by Gasteiger charge is 2.13. The SMILES string of the molecule is CCCNC(C)c1nnc(-c2ccc(I)cc2)o1. The van der Waals surface area contributed by atoms with E-state index in [1.165, 1.54) is 3.57 Å². The Kier molecular flexibility index (Phi) is 4.71. The summed E-state index contributed by atoms with van der Waals surface area (Å²) in [5.41, 5.74) is 0.955. The second kappa shape index (κ2) is 6.29. The van der Waals surface area contributed by atoms with E-state index in [1.54, 1.807) is 0 Å². The maximum absolute atomic E-state index is 5.68. The molecule has 1 aromatic heterocycles. The molecule has 1 aromatic carbocycles. The maximum Gasteiger partial charge on any atom is 0.247 e. The number of nitrogens with zero attached hydrogens (tertiary/aromatic N) is 2. The van der Waals surface area contributed by atoms with E-state index in [9.17, 15) is 0 Å². The summed E-state index contributed by atoms with van der Waals surface area (Å²) in [5, 5.41) is 11.5. The summed E-state index contributed by atoms with van der Waals surface area (Å²) in [6.07, 6.45) is 1.09. The molecule has 0 aliphatic carbocycles. The quantitative estimate of drug-likeness (QED) is 0.834. The zero-order valence-corrected chi connectivity index (χ0v) is 12.6. The molecular weight excluding hydrogens is 341 g/mol. The first-order valence-electron chi connectivity index (χ1n) is 6.03. The fraction of sp³-hybridized carbons (Fsp3) is 0.385. The summed E-state index contributed by atoms with van der Waals surface area (Å²) in [7, 11) is 0. The highest BCUT2D eigenvalue weighted by Crippen LogP contribution is 2.21. The zero-order valence-electron chi connectivity index (χ0n) is 10.5. The molecule has 0 fully saturated rings. The van der Waals surface area contributed by atoms with Crippen LogP contribution in [0.3, 0.4) is 0 Å². The van der Waals surface area contributed by atoms with E-state index >= 15 is 0 Å². The average Bonchev–Trinajstić information content (AvgIpc) is 2.86. The molecule has 1 heterocycles. The molecule has 1 N–H and O–H groups in total. The third-order valence-corrected chi connectivity index (χ3v) is 3.32. The molecule has 1 atom stereocenters. The van der Waals surface area contributed by atoms with Crippen LogP contribution < -0.4 is 5.32 Å². The van der Waals surface area contributed by atoms with Gasteiger partial charge in [0, 0.05) is 9.13 Å². The van der Waals surface area contributed by atoms with Crippen LogP contribution in [0.2, 0.25) is 0 Å². The maximum atomic E-state index is 5.68. The molecule has 5 heteroatoms. The van der Waals surface area contributed by atoms with E-state index in [0.29, 0.717) is 11.8 Å². The highest BCUT2D eigenvalue weighted by molar-refractivity contribution is 14.1. The smallest absolute Gasteiger partial charge is 0.247 e. The Hall–Kier alpha value is -0.950. The fourth-order valence-electron chi connectivity index (χ4n) is 1.57. The second-order valence-electron chi connectivity index (χ2n) is 4.13. The summed E-state index contributed by atoms with van der Waals surface area (Å²) >= 11 is 2.27. The van der Waals surface area contributed by atoms with Crippen molar-refractivity contribution in [3.05, 3.63) is 33.7 Å². The minimum absolute atomic E-state index is 0.0926. The van der Waals surface area contributed by atoms with Gasteiger partial charge in [0.2, 0.25) is 11.8 Å². The van der Waals surface area contributed by atoms with Crippen molar-refractivity contribution in [2.24, 2.45) is 0 Å². The highest BCUT2D eigenvalue weighted by atomic mass is 127. The van der Waals surface area contributed by atoms with Gasteiger partial charge in [-0.25, -0.2) is 0 Å². The lowest BCUT2D eigenvalue weighted by molar-refractivity contribution is 0.423. The van der Waals surface area contributed by atoms with Gasteiger partial charge in [0.05, 0.1) is 6.04 Å². The molecule has 0 amide bonds. The molecule has 0 saturated heterocycles. The molecule has 0 radical (unpaired) electrons. The molecule has 0 saturated carbocycles. The van der Waals surface area contributed by atoms with Crippen LogP contribution in [-0.2, 0) is 0 Å². The van der Waals surface area contributed by atoms with Crippen molar-refractivity contribution in [2.45, 2.75) is 26.3 Å². The van der Waals surface area contributed by atoms with Gasteiger partial charge in [0.1, 0.15) is 0 Å². The van der Waals surface area contributed by atoms with Gasteiger partial charge >= 0.3 is 0 Å². The van der Waals surface area contributed by atoms with Crippen LogP contribution in [0.15, 0.2) is 28.7 Å². The predicted molar refractivity (Wildman–Crippen MR) is 79.2 cm³/mol. The van der Waals surface area contributed by atoms with E-state index in [0.717, 1.165) is 18.5 Å². The molecule has 2 aromatic rings. The first kappa shape index (κ1) is 13.5. The van der Waals surface area contributed by atoms with E-state index < -0.39 is 0 Å².